The Hall–Kier alpha value is -1.96. The number of hydrogen-bond donors (Lipinski definition) is 2. The first-order valence-electron chi connectivity index (χ1n) is 8.34. The fourth-order valence-electron chi connectivity index (χ4n) is 3.00. The number of anilines is 2. The van der Waals surface area contributed by atoms with Crippen molar-refractivity contribution in [3.63, 3.8) is 0 Å². The van der Waals surface area contributed by atoms with Gasteiger partial charge >= 0.3 is 0 Å². The summed E-state index contributed by atoms with van der Waals surface area (Å²) in [7, 11) is -2.13. The Labute approximate surface area is 159 Å². The van der Waals surface area contributed by atoms with Gasteiger partial charge in [-0.3, -0.25) is 4.72 Å². The van der Waals surface area contributed by atoms with E-state index >= 15 is 0 Å². The van der Waals surface area contributed by atoms with E-state index in [-0.39, 0.29) is 4.90 Å². The zero-order chi connectivity index (χ0) is 18.7. The molecule has 0 bridgehead atoms. The summed E-state index contributed by atoms with van der Waals surface area (Å²) >= 11 is 6.07. The number of rotatable bonds is 5. The van der Waals surface area contributed by atoms with E-state index < -0.39 is 10.0 Å². The van der Waals surface area contributed by atoms with Gasteiger partial charge in [0.15, 0.2) is 0 Å². The van der Waals surface area contributed by atoms with Crippen molar-refractivity contribution in [2.24, 2.45) is 0 Å². The Morgan fingerprint density at radius 2 is 1.92 bits per heavy atom. The van der Waals surface area contributed by atoms with Crippen LogP contribution in [0.4, 0.5) is 11.4 Å². The Balaban J connectivity index is 1.93. The van der Waals surface area contributed by atoms with E-state index in [0.29, 0.717) is 22.0 Å². The minimum atomic E-state index is -3.74. The SMILES string of the molecule is COc1ccc(NS(=O)(=O)c2cccc(Cl)c2C)cc1N1CCNCC1. The monoisotopic (exact) mass is 395 g/mol. The third kappa shape index (κ3) is 3.90. The molecule has 0 amide bonds. The van der Waals surface area contributed by atoms with E-state index in [1.165, 1.54) is 0 Å². The van der Waals surface area contributed by atoms with Crippen molar-refractivity contribution in [1.29, 1.82) is 0 Å². The van der Waals surface area contributed by atoms with Crippen molar-refractivity contribution in [2.75, 3.05) is 42.9 Å². The fraction of sp³-hybridized carbons (Fsp3) is 0.333. The Morgan fingerprint density at radius 3 is 2.62 bits per heavy atom. The van der Waals surface area contributed by atoms with Crippen LogP contribution in [0.1, 0.15) is 5.56 Å². The maximum Gasteiger partial charge on any atom is 0.262 e. The van der Waals surface area contributed by atoms with Gasteiger partial charge in [-0.2, -0.15) is 0 Å². The highest BCUT2D eigenvalue weighted by Gasteiger charge is 2.20. The van der Waals surface area contributed by atoms with Gasteiger partial charge in [-0.05, 0) is 42.8 Å². The maximum atomic E-state index is 12.8. The Kier molecular flexibility index (Phi) is 5.60. The fourth-order valence-corrected chi connectivity index (χ4v) is 4.54. The molecule has 0 unspecified atom stereocenters. The number of ether oxygens (including phenoxy) is 1. The second-order valence-corrected chi connectivity index (χ2v) is 8.15. The third-order valence-corrected chi connectivity index (χ3v) is 6.33. The lowest BCUT2D eigenvalue weighted by molar-refractivity contribution is 0.413. The van der Waals surface area contributed by atoms with E-state index in [1.54, 1.807) is 44.4 Å². The highest BCUT2D eigenvalue weighted by atomic mass is 35.5. The van der Waals surface area contributed by atoms with Gasteiger partial charge in [-0.25, -0.2) is 8.42 Å². The summed E-state index contributed by atoms with van der Waals surface area (Å²) in [6.45, 7) is 5.11. The topological polar surface area (TPSA) is 70.7 Å². The zero-order valence-electron chi connectivity index (χ0n) is 14.8. The van der Waals surface area contributed by atoms with E-state index in [9.17, 15) is 8.42 Å². The molecule has 0 spiro atoms. The van der Waals surface area contributed by atoms with Crippen molar-refractivity contribution >= 4 is 33.0 Å². The first-order chi connectivity index (χ1) is 12.4. The van der Waals surface area contributed by atoms with Gasteiger partial charge in [0.05, 0.1) is 23.4 Å². The van der Waals surface area contributed by atoms with Crippen molar-refractivity contribution in [3.05, 3.63) is 47.0 Å². The molecule has 0 aliphatic carbocycles. The molecule has 3 rings (SSSR count). The number of benzene rings is 2. The van der Waals surface area contributed by atoms with Gasteiger partial charge in [0.25, 0.3) is 10.0 Å². The van der Waals surface area contributed by atoms with Gasteiger partial charge in [-0.1, -0.05) is 17.7 Å². The maximum absolute atomic E-state index is 12.8. The average molecular weight is 396 g/mol. The van der Waals surface area contributed by atoms with Crippen LogP contribution in [-0.2, 0) is 10.0 Å². The minimum Gasteiger partial charge on any atom is -0.495 e. The van der Waals surface area contributed by atoms with E-state index in [0.717, 1.165) is 31.9 Å². The molecule has 26 heavy (non-hydrogen) atoms. The molecule has 1 heterocycles. The summed E-state index contributed by atoms with van der Waals surface area (Å²) in [5, 5.41) is 3.72. The quantitative estimate of drug-likeness (QED) is 0.814. The average Bonchev–Trinajstić information content (AvgIpc) is 2.64. The molecule has 2 N–H and O–H groups in total. The molecule has 6 nitrogen and oxygen atoms in total. The summed E-state index contributed by atoms with van der Waals surface area (Å²) in [6, 6.07) is 10.1. The predicted molar refractivity (Wildman–Crippen MR) is 105 cm³/mol. The Morgan fingerprint density at radius 1 is 1.19 bits per heavy atom. The Bertz CT molecular complexity index is 897. The van der Waals surface area contributed by atoms with Crippen LogP contribution in [0.3, 0.4) is 0 Å². The largest absolute Gasteiger partial charge is 0.495 e. The predicted octanol–water partition coefficient (Wildman–Crippen LogP) is 2.87. The van der Waals surface area contributed by atoms with Crippen LogP contribution >= 0.6 is 11.6 Å². The number of sulfonamides is 1. The second kappa shape index (κ2) is 7.73. The molecule has 0 aromatic heterocycles. The van der Waals surface area contributed by atoms with Crippen LogP contribution in [0.2, 0.25) is 5.02 Å². The van der Waals surface area contributed by atoms with Crippen LogP contribution in [0.15, 0.2) is 41.3 Å². The number of piperazine rings is 1. The lowest BCUT2D eigenvalue weighted by Crippen LogP contribution is -2.43. The summed E-state index contributed by atoms with van der Waals surface area (Å²) in [5.74, 6) is 0.716. The summed E-state index contributed by atoms with van der Waals surface area (Å²) in [4.78, 5) is 2.35. The van der Waals surface area contributed by atoms with Gasteiger partial charge in [-0.15, -0.1) is 0 Å². The molecular formula is C18H22ClN3O3S. The van der Waals surface area contributed by atoms with Gasteiger partial charge < -0.3 is 15.0 Å². The van der Waals surface area contributed by atoms with Crippen molar-refractivity contribution in [1.82, 2.24) is 5.32 Å². The van der Waals surface area contributed by atoms with Crippen molar-refractivity contribution < 1.29 is 13.2 Å². The molecule has 2 aromatic rings. The highest BCUT2D eigenvalue weighted by Crippen LogP contribution is 2.33. The van der Waals surface area contributed by atoms with Crippen LogP contribution in [0, 0.1) is 6.92 Å². The van der Waals surface area contributed by atoms with Gasteiger partial charge in [0.1, 0.15) is 5.75 Å². The number of nitrogens with one attached hydrogen (secondary N) is 2. The van der Waals surface area contributed by atoms with Gasteiger partial charge in [0.2, 0.25) is 0 Å². The molecule has 1 fully saturated rings. The zero-order valence-corrected chi connectivity index (χ0v) is 16.3. The lowest BCUT2D eigenvalue weighted by atomic mass is 10.2. The highest BCUT2D eigenvalue weighted by molar-refractivity contribution is 7.92. The van der Waals surface area contributed by atoms with Gasteiger partial charge in [0, 0.05) is 31.2 Å². The van der Waals surface area contributed by atoms with Crippen molar-refractivity contribution in [3.8, 4) is 5.75 Å². The molecule has 1 aliphatic heterocycles. The van der Waals surface area contributed by atoms with E-state index in [2.05, 4.69) is 14.9 Å². The molecular weight excluding hydrogens is 374 g/mol. The first kappa shape index (κ1) is 18.8. The number of hydrogen-bond acceptors (Lipinski definition) is 5. The van der Waals surface area contributed by atoms with E-state index in [1.807, 2.05) is 6.07 Å². The standard InChI is InChI=1S/C18H22ClN3O3S/c1-13-15(19)4-3-5-18(13)26(23,24)21-14-6-7-17(25-2)16(12-14)22-10-8-20-9-11-22/h3-7,12,20-21H,8-11H2,1-2H3. The molecule has 1 saturated heterocycles. The van der Waals surface area contributed by atoms with Crippen molar-refractivity contribution in [2.45, 2.75) is 11.8 Å². The molecule has 2 aromatic carbocycles. The van der Waals surface area contributed by atoms with Crippen LogP contribution < -0.4 is 19.7 Å². The molecule has 0 radical (unpaired) electrons. The van der Waals surface area contributed by atoms with Crippen LogP contribution in [0.25, 0.3) is 0 Å². The normalized spacial score (nSPS) is 15.0. The summed E-state index contributed by atoms with van der Waals surface area (Å²) in [5.41, 5.74) is 1.88. The van der Waals surface area contributed by atoms with Crippen LogP contribution in [-0.4, -0.2) is 41.7 Å². The van der Waals surface area contributed by atoms with E-state index in [4.69, 9.17) is 16.3 Å². The lowest BCUT2D eigenvalue weighted by Gasteiger charge is -2.31. The molecule has 8 heteroatoms. The number of halogens is 1. The molecule has 0 atom stereocenters. The summed E-state index contributed by atoms with van der Waals surface area (Å²) < 4.78 is 33.7. The van der Waals surface area contributed by atoms with Crippen LogP contribution in [0.5, 0.6) is 5.75 Å². The number of nitrogens with zero attached hydrogens (tertiary/aromatic N) is 1. The minimum absolute atomic E-state index is 0.171. The third-order valence-electron chi connectivity index (χ3n) is 4.40. The second-order valence-electron chi connectivity index (χ2n) is 6.09. The molecule has 1 aliphatic rings. The summed E-state index contributed by atoms with van der Waals surface area (Å²) in [6.07, 6.45) is 0. The molecule has 0 saturated carbocycles. The smallest absolute Gasteiger partial charge is 0.262 e. The molecule has 140 valence electrons. The number of methoxy groups -OCH3 is 1. The first-order valence-corrected chi connectivity index (χ1v) is 10.2.